The van der Waals surface area contributed by atoms with Crippen LogP contribution in [0.3, 0.4) is 0 Å². The van der Waals surface area contributed by atoms with Gasteiger partial charge in [0.15, 0.2) is 5.65 Å². The number of morpholine rings is 1. The highest BCUT2D eigenvalue weighted by Gasteiger charge is 2.10. The summed E-state index contributed by atoms with van der Waals surface area (Å²) in [4.78, 5) is 18.3. The van der Waals surface area contributed by atoms with Crippen molar-refractivity contribution in [2.24, 2.45) is 0 Å². The molecule has 1 aliphatic heterocycles. The number of rotatable bonds is 5. The van der Waals surface area contributed by atoms with Crippen LogP contribution in [0.15, 0.2) is 10.9 Å². The molecule has 0 radical (unpaired) electrons. The second-order valence-electron chi connectivity index (χ2n) is 5.15. The lowest BCUT2D eigenvalue weighted by molar-refractivity contribution is 0.0378. The van der Waals surface area contributed by atoms with E-state index in [1.54, 1.807) is 13.0 Å². The number of aromatic nitrogens is 4. The van der Waals surface area contributed by atoms with E-state index in [0.717, 1.165) is 51.6 Å². The van der Waals surface area contributed by atoms with Crippen molar-refractivity contribution in [2.45, 2.75) is 13.3 Å². The zero-order valence-electron chi connectivity index (χ0n) is 12.1. The van der Waals surface area contributed by atoms with Crippen molar-refractivity contribution in [3.63, 3.8) is 0 Å². The second-order valence-corrected chi connectivity index (χ2v) is 5.15. The topological polar surface area (TPSA) is 87.5 Å². The molecule has 0 saturated carbocycles. The molecule has 2 aromatic rings. The summed E-state index contributed by atoms with van der Waals surface area (Å²) in [6.45, 7) is 7.38. The van der Waals surface area contributed by atoms with Gasteiger partial charge in [0.25, 0.3) is 0 Å². The van der Waals surface area contributed by atoms with Crippen molar-refractivity contribution in [3.8, 4) is 0 Å². The predicted molar refractivity (Wildman–Crippen MR) is 78.7 cm³/mol. The lowest BCUT2D eigenvalue weighted by atomic mass is 10.3. The molecule has 3 heterocycles. The van der Waals surface area contributed by atoms with Gasteiger partial charge in [-0.15, -0.1) is 0 Å². The highest BCUT2D eigenvalue weighted by atomic mass is 16.5. The van der Waals surface area contributed by atoms with Crippen LogP contribution in [-0.4, -0.2) is 63.9 Å². The van der Waals surface area contributed by atoms with Gasteiger partial charge < -0.3 is 10.1 Å². The molecular weight excluding hydrogens is 272 g/mol. The highest BCUT2D eigenvalue weighted by Crippen LogP contribution is 2.08. The Kier molecular flexibility index (Phi) is 4.16. The summed E-state index contributed by atoms with van der Waals surface area (Å²) in [5, 5.41) is 9.68. The van der Waals surface area contributed by atoms with E-state index in [0.29, 0.717) is 11.5 Å². The molecule has 8 nitrogen and oxygen atoms in total. The molecule has 1 fully saturated rings. The van der Waals surface area contributed by atoms with Crippen LogP contribution in [0.1, 0.15) is 12.2 Å². The Bertz CT molecular complexity index is 658. The quantitative estimate of drug-likeness (QED) is 0.746. The molecule has 0 amide bonds. The van der Waals surface area contributed by atoms with Crippen molar-refractivity contribution in [1.82, 2.24) is 24.5 Å². The summed E-state index contributed by atoms with van der Waals surface area (Å²) in [5.74, 6) is 1.38. The molecule has 114 valence electrons. The largest absolute Gasteiger partial charge is 0.379 e. The number of aryl methyl sites for hydroxylation is 1. The molecule has 0 aromatic carbocycles. The van der Waals surface area contributed by atoms with Gasteiger partial charge in [-0.1, -0.05) is 0 Å². The Morgan fingerprint density at radius 3 is 3.05 bits per heavy atom. The van der Waals surface area contributed by atoms with E-state index >= 15 is 0 Å². The van der Waals surface area contributed by atoms with Gasteiger partial charge in [0.05, 0.1) is 13.2 Å². The number of H-pyrrole nitrogens is 1. The second kappa shape index (κ2) is 6.23. The van der Waals surface area contributed by atoms with Gasteiger partial charge in [0, 0.05) is 25.7 Å². The average molecular weight is 292 g/mol. The molecular formula is C13H20N6O2. The molecule has 2 aromatic heterocycles. The smallest absolute Gasteiger partial charge is 0.349 e. The Balaban J connectivity index is 1.54. The third-order valence-electron chi connectivity index (χ3n) is 3.63. The summed E-state index contributed by atoms with van der Waals surface area (Å²) in [7, 11) is 0. The van der Waals surface area contributed by atoms with Crippen molar-refractivity contribution < 1.29 is 4.74 Å². The minimum absolute atomic E-state index is 0.256. The van der Waals surface area contributed by atoms with Gasteiger partial charge in [0.2, 0.25) is 0 Å². The third-order valence-corrected chi connectivity index (χ3v) is 3.63. The lowest BCUT2D eigenvalue weighted by Crippen LogP contribution is -2.37. The summed E-state index contributed by atoms with van der Waals surface area (Å²) in [6.07, 6.45) is 1.04. The van der Waals surface area contributed by atoms with Gasteiger partial charge in [0.1, 0.15) is 11.6 Å². The Morgan fingerprint density at radius 1 is 1.43 bits per heavy atom. The fourth-order valence-electron chi connectivity index (χ4n) is 2.53. The minimum Gasteiger partial charge on any atom is -0.379 e. The molecule has 0 atom stereocenters. The van der Waals surface area contributed by atoms with Crippen molar-refractivity contribution >= 4 is 11.5 Å². The molecule has 3 rings (SSSR count). The van der Waals surface area contributed by atoms with Crippen molar-refractivity contribution in [3.05, 3.63) is 22.4 Å². The molecule has 1 saturated heterocycles. The van der Waals surface area contributed by atoms with Crippen LogP contribution in [0, 0.1) is 6.92 Å². The van der Waals surface area contributed by atoms with Crippen LogP contribution < -0.4 is 11.0 Å². The van der Waals surface area contributed by atoms with Crippen LogP contribution in [0.25, 0.3) is 5.65 Å². The maximum absolute atomic E-state index is 11.5. The SMILES string of the molecule is Cc1nc(NCCCN2CCOCC2)cc2n[nH]c(=O)n12. The number of anilines is 1. The summed E-state index contributed by atoms with van der Waals surface area (Å²) in [6, 6.07) is 1.78. The van der Waals surface area contributed by atoms with Gasteiger partial charge in [-0.05, 0) is 19.9 Å². The zero-order valence-corrected chi connectivity index (χ0v) is 12.1. The van der Waals surface area contributed by atoms with E-state index < -0.39 is 0 Å². The number of aromatic amines is 1. The van der Waals surface area contributed by atoms with Crippen LogP contribution in [0.4, 0.5) is 5.82 Å². The number of hydrogen-bond acceptors (Lipinski definition) is 6. The molecule has 21 heavy (non-hydrogen) atoms. The van der Waals surface area contributed by atoms with Crippen molar-refractivity contribution in [1.29, 1.82) is 0 Å². The highest BCUT2D eigenvalue weighted by molar-refractivity contribution is 5.49. The summed E-state index contributed by atoms with van der Waals surface area (Å²) >= 11 is 0. The Morgan fingerprint density at radius 2 is 2.24 bits per heavy atom. The first-order valence-corrected chi connectivity index (χ1v) is 7.23. The Hall–Kier alpha value is -1.93. The monoisotopic (exact) mass is 292 g/mol. The Labute approximate surface area is 122 Å². The minimum atomic E-state index is -0.256. The first kappa shape index (κ1) is 14.0. The summed E-state index contributed by atoms with van der Waals surface area (Å²) < 4.78 is 6.78. The van der Waals surface area contributed by atoms with E-state index in [4.69, 9.17) is 4.74 Å². The summed E-state index contributed by atoms with van der Waals surface area (Å²) in [5.41, 5.74) is 0.331. The number of nitrogens with zero attached hydrogens (tertiary/aromatic N) is 4. The standard InChI is InChI=1S/C13H20N6O2/c1-10-15-11(9-12-16-17-13(20)19(10)12)14-3-2-4-18-5-7-21-8-6-18/h9,14H,2-8H2,1H3,(H,17,20). The maximum atomic E-state index is 11.5. The lowest BCUT2D eigenvalue weighted by Gasteiger charge is -2.26. The van der Waals surface area contributed by atoms with Crippen LogP contribution in [0.2, 0.25) is 0 Å². The van der Waals surface area contributed by atoms with E-state index in [-0.39, 0.29) is 5.69 Å². The van der Waals surface area contributed by atoms with Crippen LogP contribution >= 0.6 is 0 Å². The van der Waals surface area contributed by atoms with Gasteiger partial charge in [-0.2, -0.15) is 5.10 Å². The number of nitrogens with one attached hydrogen (secondary N) is 2. The van der Waals surface area contributed by atoms with E-state index in [1.165, 1.54) is 4.40 Å². The molecule has 0 unspecified atom stereocenters. The van der Waals surface area contributed by atoms with Gasteiger partial charge >= 0.3 is 5.69 Å². The fourth-order valence-corrected chi connectivity index (χ4v) is 2.53. The van der Waals surface area contributed by atoms with E-state index in [1.807, 2.05) is 0 Å². The normalized spacial score (nSPS) is 16.4. The zero-order chi connectivity index (χ0) is 14.7. The van der Waals surface area contributed by atoms with Gasteiger partial charge in [-0.3, -0.25) is 4.90 Å². The molecule has 0 spiro atoms. The van der Waals surface area contributed by atoms with Gasteiger partial charge in [-0.25, -0.2) is 19.3 Å². The number of ether oxygens (including phenoxy) is 1. The first-order valence-electron chi connectivity index (χ1n) is 7.23. The fraction of sp³-hybridized carbons (Fsp3) is 0.615. The maximum Gasteiger partial charge on any atom is 0.349 e. The van der Waals surface area contributed by atoms with Crippen molar-refractivity contribution in [2.75, 3.05) is 44.7 Å². The van der Waals surface area contributed by atoms with E-state index in [9.17, 15) is 4.79 Å². The molecule has 0 bridgehead atoms. The van der Waals surface area contributed by atoms with Crippen LogP contribution in [-0.2, 0) is 4.74 Å². The third kappa shape index (κ3) is 3.22. The number of hydrogen-bond donors (Lipinski definition) is 2. The predicted octanol–water partition coefficient (Wildman–Crippen LogP) is -0.140. The molecule has 1 aliphatic rings. The number of fused-ring (bicyclic) bond motifs is 1. The molecule has 2 N–H and O–H groups in total. The molecule has 8 heteroatoms. The van der Waals surface area contributed by atoms with Crippen LogP contribution in [0.5, 0.6) is 0 Å². The molecule has 0 aliphatic carbocycles. The first-order chi connectivity index (χ1) is 10.2. The average Bonchev–Trinajstić information content (AvgIpc) is 2.87. The van der Waals surface area contributed by atoms with E-state index in [2.05, 4.69) is 25.4 Å².